The van der Waals surface area contributed by atoms with Gasteiger partial charge in [-0.15, -0.1) is 0 Å². The van der Waals surface area contributed by atoms with Crippen LogP contribution in [-0.4, -0.2) is 26.4 Å². The Balaban J connectivity index is 2.59. The van der Waals surface area contributed by atoms with E-state index in [4.69, 9.17) is 0 Å². The smallest absolute Gasteiger partial charge is 0.251 e. The fourth-order valence-electron chi connectivity index (χ4n) is 1.11. The Labute approximate surface area is 89.1 Å². The van der Waals surface area contributed by atoms with E-state index in [2.05, 4.69) is 10.4 Å². The number of carbonyl (C=O) groups is 1. The van der Waals surface area contributed by atoms with Gasteiger partial charge in [-0.25, -0.2) is 0 Å². The highest BCUT2D eigenvalue weighted by Gasteiger charge is 2.23. The summed E-state index contributed by atoms with van der Waals surface area (Å²) in [6.45, 7) is 5.23. The van der Waals surface area contributed by atoms with E-state index >= 15 is 0 Å². The second kappa shape index (κ2) is 4.02. The maximum atomic E-state index is 11.4. The molecule has 1 rings (SSSR count). The number of nitrogens with zero attached hydrogens (tertiary/aromatic N) is 2. The third-order valence-corrected chi connectivity index (χ3v) is 2.33. The minimum atomic E-state index is -1.34. The SMILES string of the molecule is Cc1c(CNC(=O)C(C)(C)O)cnn1C. The highest BCUT2D eigenvalue weighted by molar-refractivity contribution is 5.83. The zero-order valence-corrected chi connectivity index (χ0v) is 9.53. The largest absolute Gasteiger partial charge is 0.381 e. The van der Waals surface area contributed by atoms with E-state index in [1.54, 1.807) is 10.9 Å². The highest BCUT2D eigenvalue weighted by atomic mass is 16.3. The van der Waals surface area contributed by atoms with Crippen molar-refractivity contribution in [3.05, 3.63) is 17.5 Å². The first-order chi connectivity index (χ1) is 6.82. The lowest BCUT2D eigenvalue weighted by molar-refractivity contribution is -0.136. The van der Waals surface area contributed by atoms with Gasteiger partial charge in [0.1, 0.15) is 5.60 Å². The number of aromatic nitrogens is 2. The maximum Gasteiger partial charge on any atom is 0.251 e. The molecule has 0 aliphatic rings. The monoisotopic (exact) mass is 211 g/mol. The second-order valence-corrected chi connectivity index (χ2v) is 4.12. The van der Waals surface area contributed by atoms with Crippen LogP contribution in [0.3, 0.4) is 0 Å². The van der Waals surface area contributed by atoms with E-state index in [0.717, 1.165) is 11.3 Å². The van der Waals surface area contributed by atoms with Crippen molar-refractivity contribution in [2.75, 3.05) is 0 Å². The average Bonchev–Trinajstić information content (AvgIpc) is 2.43. The standard InChI is InChI=1S/C10H17N3O2/c1-7-8(6-12-13(7)4)5-11-9(14)10(2,3)15/h6,15H,5H2,1-4H3,(H,11,14). The van der Waals surface area contributed by atoms with Gasteiger partial charge in [0.05, 0.1) is 6.20 Å². The molecule has 0 aliphatic heterocycles. The van der Waals surface area contributed by atoms with Crippen molar-refractivity contribution in [2.45, 2.75) is 32.9 Å². The first kappa shape index (κ1) is 11.7. The number of hydrogen-bond acceptors (Lipinski definition) is 3. The van der Waals surface area contributed by atoms with Crippen molar-refractivity contribution in [1.82, 2.24) is 15.1 Å². The van der Waals surface area contributed by atoms with Gasteiger partial charge in [0.2, 0.25) is 0 Å². The van der Waals surface area contributed by atoms with E-state index in [0.29, 0.717) is 6.54 Å². The number of aryl methyl sites for hydroxylation is 1. The van der Waals surface area contributed by atoms with Crippen LogP contribution in [0, 0.1) is 6.92 Å². The predicted molar refractivity (Wildman–Crippen MR) is 56.1 cm³/mol. The number of nitrogens with one attached hydrogen (secondary N) is 1. The van der Waals surface area contributed by atoms with Crippen molar-refractivity contribution >= 4 is 5.91 Å². The summed E-state index contributed by atoms with van der Waals surface area (Å²) in [6.07, 6.45) is 1.71. The Hall–Kier alpha value is -1.36. The number of rotatable bonds is 3. The van der Waals surface area contributed by atoms with E-state index in [-0.39, 0.29) is 5.91 Å². The van der Waals surface area contributed by atoms with Gasteiger partial charge in [-0.05, 0) is 20.8 Å². The summed E-state index contributed by atoms with van der Waals surface area (Å²) in [5.41, 5.74) is 0.622. The average molecular weight is 211 g/mol. The van der Waals surface area contributed by atoms with Gasteiger partial charge in [-0.1, -0.05) is 0 Å². The first-order valence-electron chi connectivity index (χ1n) is 4.80. The normalized spacial score (nSPS) is 11.5. The van der Waals surface area contributed by atoms with Crippen LogP contribution in [0.15, 0.2) is 6.20 Å². The van der Waals surface area contributed by atoms with Gasteiger partial charge in [0.15, 0.2) is 0 Å². The number of amides is 1. The Kier molecular flexibility index (Phi) is 3.14. The number of carbonyl (C=O) groups excluding carboxylic acids is 1. The summed E-state index contributed by atoms with van der Waals surface area (Å²) >= 11 is 0. The Morgan fingerprint density at radius 2 is 2.27 bits per heavy atom. The molecule has 84 valence electrons. The Morgan fingerprint density at radius 3 is 2.67 bits per heavy atom. The molecule has 0 aromatic carbocycles. The molecule has 0 unspecified atom stereocenters. The van der Waals surface area contributed by atoms with Crippen LogP contribution in [-0.2, 0) is 18.4 Å². The molecule has 1 aromatic heterocycles. The molecule has 15 heavy (non-hydrogen) atoms. The molecule has 0 atom stereocenters. The maximum absolute atomic E-state index is 11.4. The fraction of sp³-hybridized carbons (Fsp3) is 0.600. The molecule has 0 radical (unpaired) electrons. The van der Waals surface area contributed by atoms with Gasteiger partial charge < -0.3 is 10.4 Å². The minimum absolute atomic E-state index is 0.384. The van der Waals surface area contributed by atoms with E-state index in [9.17, 15) is 9.90 Å². The molecule has 0 spiro atoms. The van der Waals surface area contributed by atoms with Crippen molar-refractivity contribution < 1.29 is 9.90 Å². The second-order valence-electron chi connectivity index (χ2n) is 4.12. The molecule has 0 bridgehead atoms. The molecule has 5 heteroatoms. The van der Waals surface area contributed by atoms with Crippen LogP contribution in [0.5, 0.6) is 0 Å². The molecule has 1 aromatic rings. The highest BCUT2D eigenvalue weighted by Crippen LogP contribution is 2.06. The lowest BCUT2D eigenvalue weighted by atomic mass is 10.1. The molecular weight excluding hydrogens is 194 g/mol. The Bertz CT molecular complexity index is 363. The summed E-state index contributed by atoms with van der Waals surface area (Å²) in [6, 6.07) is 0. The molecule has 0 saturated carbocycles. The van der Waals surface area contributed by atoms with Crippen LogP contribution >= 0.6 is 0 Å². The number of hydrogen-bond donors (Lipinski definition) is 2. The van der Waals surface area contributed by atoms with Gasteiger partial charge in [0, 0.05) is 24.8 Å². The zero-order valence-electron chi connectivity index (χ0n) is 9.53. The van der Waals surface area contributed by atoms with Crippen LogP contribution in [0.4, 0.5) is 0 Å². The first-order valence-corrected chi connectivity index (χ1v) is 4.80. The molecule has 1 amide bonds. The topological polar surface area (TPSA) is 67.2 Å². The van der Waals surface area contributed by atoms with Crippen LogP contribution in [0.25, 0.3) is 0 Å². The lowest BCUT2D eigenvalue weighted by Crippen LogP contribution is -2.41. The number of aliphatic hydroxyl groups is 1. The lowest BCUT2D eigenvalue weighted by Gasteiger charge is -2.16. The molecule has 5 nitrogen and oxygen atoms in total. The summed E-state index contributed by atoms with van der Waals surface area (Å²) in [5.74, 6) is -0.384. The van der Waals surface area contributed by atoms with E-state index in [1.807, 2.05) is 14.0 Å². The molecule has 0 fully saturated rings. The van der Waals surface area contributed by atoms with Crippen molar-refractivity contribution in [3.63, 3.8) is 0 Å². The van der Waals surface area contributed by atoms with Gasteiger partial charge in [0.25, 0.3) is 5.91 Å². The van der Waals surface area contributed by atoms with Crippen LogP contribution in [0.1, 0.15) is 25.1 Å². The zero-order chi connectivity index (χ0) is 11.6. The van der Waals surface area contributed by atoms with Crippen LogP contribution < -0.4 is 5.32 Å². The molecule has 1 heterocycles. The third kappa shape index (κ3) is 2.79. The van der Waals surface area contributed by atoms with Gasteiger partial charge >= 0.3 is 0 Å². The van der Waals surface area contributed by atoms with Gasteiger partial charge in [-0.3, -0.25) is 9.48 Å². The van der Waals surface area contributed by atoms with Crippen molar-refractivity contribution in [2.24, 2.45) is 7.05 Å². The van der Waals surface area contributed by atoms with E-state index < -0.39 is 5.60 Å². The summed E-state index contributed by atoms with van der Waals surface area (Å²) in [7, 11) is 1.84. The van der Waals surface area contributed by atoms with Crippen LogP contribution in [0.2, 0.25) is 0 Å². The third-order valence-electron chi connectivity index (χ3n) is 2.33. The quantitative estimate of drug-likeness (QED) is 0.746. The van der Waals surface area contributed by atoms with Crippen molar-refractivity contribution in [1.29, 1.82) is 0 Å². The summed E-state index contributed by atoms with van der Waals surface area (Å²) in [4.78, 5) is 11.4. The molecular formula is C10H17N3O2. The summed E-state index contributed by atoms with van der Waals surface area (Å²) < 4.78 is 1.74. The summed E-state index contributed by atoms with van der Waals surface area (Å²) in [5, 5.41) is 16.1. The predicted octanol–water partition coefficient (Wildman–Crippen LogP) is 0.116. The molecule has 0 aliphatic carbocycles. The fourth-order valence-corrected chi connectivity index (χ4v) is 1.11. The van der Waals surface area contributed by atoms with E-state index in [1.165, 1.54) is 13.8 Å². The molecule has 0 saturated heterocycles. The molecule has 2 N–H and O–H groups in total. The Morgan fingerprint density at radius 1 is 1.67 bits per heavy atom. The minimum Gasteiger partial charge on any atom is -0.381 e. The van der Waals surface area contributed by atoms with Crippen molar-refractivity contribution in [3.8, 4) is 0 Å². The van der Waals surface area contributed by atoms with Gasteiger partial charge in [-0.2, -0.15) is 5.10 Å².